The number of nitrogens with zero attached hydrogens (tertiary/aromatic N) is 3. The Bertz CT molecular complexity index is 2350. The summed E-state index contributed by atoms with van der Waals surface area (Å²) < 4.78 is 63.5. The van der Waals surface area contributed by atoms with Crippen molar-refractivity contribution in [3.63, 3.8) is 0 Å². The van der Waals surface area contributed by atoms with Crippen LogP contribution in [0.25, 0.3) is 44.6 Å². The summed E-state index contributed by atoms with van der Waals surface area (Å²) in [7, 11) is 0. The summed E-state index contributed by atoms with van der Waals surface area (Å²) in [4.78, 5) is 13.0. The van der Waals surface area contributed by atoms with Crippen molar-refractivity contribution in [2.24, 2.45) is 5.41 Å². The third-order valence-electron chi connectivity index (χ3n) is 7.18. The summed E-state index contributed by atoms with van der Waals surface area (Å²) in [5, 5.41) is 1.44. The zero-order chi connectivity index (χ0) is 38.2. The standard InChI is InChI=1S/C30H29N2O.C12H10N.Ir/c1-20-8-15-25-24-6-5-7-26(28(24)33-29(25)32-20)27-18-22(16-17-31-27)12-9-21-10-13-23(14-11-21)19-30(2,3)4;1-10-7-8-12(13-9-10)11-5-3-2-4-6-11;/h5-6,8,10-11,13-18H,9,12,19H2,1-4H3;2-5,7-9H,1H3;/q2*-1;/i1D3,9D2,19D2;;. The second-order valence-corrected chi connectivity index (χ2v) is 12.1. The van der Waals surface area contributed by atoms with Gasteiger partial charge in [-0.15, -0.1) is 54.1 Å². The molecule has 0 saturated carbocycles. The summed E-state index contributed by atoms with van der Waals surface area (Å²) in [6.07, 6.45) is 0.290. The summed E-state index contributed by atoms with van der Waals surface area (Å²) in [6.45, 7) is 5.21. The number of hydrogen-bond donors (Lipinski definition) is 0. The van der Waals surface area contributed by atoms with Crippen LogP contribution in [0.3, 0.4) is 0 Å². The van der Waals surface area contributed by atoms with Crippen LogP contribution in [-0.4, -0.2) is 15.0 Å². The number of aromatic nitrogens is 3. The number of fused-ring (bicyclic) bond motifs is 3. The van der Waals surface area contributed by atoms with Gasteiger partial charge in [0.2, 0.25) is 5.71 Å². The largest absolute Gasteiger partial charge is 0.486 e. The molecule has 0 aliphatic heterocycles. The maximum atomic E-state index is 8.78. The molecule has 0 spiro atoms. The summed E-state index contributed by atoms with van der Waals surface area (Å²) in [5.74, 6) is 0. The molecule has 0 aliphatic rings. The van der Waals surface area contributed by atoms with Gasteiger partial charge in [0.05, 0.1) is 5.58 Å². The maximum Gasteiger partial charge on any atom is 0.216 e. The average Bonchev–Trinajstić information content (AvgIpc) is 3.50. The van der Waals surface area contributed by atoms with Gasteiger partial charge in [-0.25, -0.2) is 4.98 Å². The van der Waals surface area contributed by atoms with Gasteiger partial charge in [-0.05, 0) is 84.6 Å². The van der Waals surface area contributed by atoms with E-state index in [-0.39, 0.29) is 37.9 Å². The van der Waals surface area contributed by atoms with E-state index >= 15 is 0 Å². The molecule has 0 saturated heterocycles. The molecule has 0 bridgehead atoms. The third kappa shape index (κ3) is 8.68. The van der Waals surface area contributed by atoms with E-state index < -0.39 is 25.0 Å². The molecular formula is C42H39IrN3O-2. The van der Waals surface area contributed by atoms with E-state index in [0.717, 1.165) is 16.6 Å². The fourth-order valence-electron chi connectivity index (χ4n) is 5.02. The van der Waals surface area contributed by atoms with Crippen molar-refractivity contribution in [2.45, 2.75) is 53.7 Å². The monoisotopic (exact) mass is 801 g/mol. The molecule has 4 heterocycles. The Balaban J connectivity index is 0.000000337. The molecule has 5 heteroatoms. The van der Waals surface area contributed by atoms with Gasteiger partial charge in [-0.3, -0.25) is 0 Å². The first-order valence-electron chi connectivity index (χ1n) is 18.6. The van der Waals surface area contributed by atoms with E-state index in [0.29, 0.717) is 38.9 Å². The molecule has 7 aromatic rings. The summed E-state index contributed by atoms with van der Waals surface area (Å²) >= 11 is 0. The molecule has 0 fully saturated rings. The van der Waals surface area contributed by atoms with Crippen molar-refractivity contribution in [3.05, 3.63) is 150 Å². The van der Waals surface area contributed by atoms with Gasteiger partial charge < -0.3 is 14.4 Å². The maximum absolute atomic E-state index is 8.78. The SMILES string of the molecule is Cc1ccc(-c2[c-]cccc2)nc1.[2H]C([2H])([2H])c1ccc2c(n1)oc1c(-c3cc(CC([2H])([2H])c4ccc(C([2H])([2H])C(C)(C)C)cc4)ccn3)[c-]ccc12.[Ir]. The van der Waals surface area contributed by atoms with Crippen LogP contribution in [0.15, 0.2) is 114 Å². The Hall–Kier alpha value is -4.44. The van der Waals surface area contributed by atoms with Crippen LogP contribution in [0.2, 0.25) is 0 Å². The number of benzene rings is 3. The van der Waals surface area contributed by atoms with Crippen LogP contribution in [0.1, 0.15) is 58.3 Å². The first-order chi connectivity index (χ1) is 24.9. The molecule has 1 radical (unpaired) electrons. The molecule has 0 aliphatic carbocycles. The van der Waals surface area contributed by atoms with Crippen LogP contribution in [0.5, 0.6) is 0 Å². The smallest absolute Gasteiger partial charge is 0.216 e. The fourth-order valence-corrected chi connectivity index (χ4v) is 5.02. The van der Waals surface area contributed by atoms with Crippen LogP contribution >= 0.6 is 0 Å². The first kappa shape index (κ1) is 25.6. The van der Waals surface area contributed by atoms with Crippen molar-refractivity contribution < 1.29 is 34.1 Å². The van der Waals surface area contributed by atoms with E-state index in [1.165, 1.54) is 11.6 Å². The molecule has 0 unspecified atom stereocenters. The quantitative estimate of drug-likeness (QED) is 0.157. The molecule has 0 N–H and O–H groups in total. The Labute approximate surface area is 301 Å². The van der Waals surface area contributed by atoms with E-state index in [1.807, 2.05) is 70.3 Å². The fraction of sp³-hybridized carbons (Fsp3) is 0.214. The molecule has 4 aromatic heterocycles. The molecule has 239 valence electrons. The molecule has 7 rings (SSSR count). The van der Waals surface area contributed by atoms with Gasteiger partial charge in [0.1, 0.15) is 0 Å². The van der Waals surface area contributed by atoms with Gasteiger partial charge in [0.25, 0.3) is 0 Å². The van der Waals surface area contributed by atoms with Crippen molar-refractivity contribution in [1.29, 1.82) is 0 Å². The third-order valence-corrected chi connectivity index (χ3v) is 7.18. The summed E-state index contributed by atoms with van der Waals surface area (Å²) in [5.41, 5.74) is 6.05. The zero-order valence-electron chi connectivity index (χ0n) is 33.7. The van der Waals surface area contributed by atoms with Gasteiger partial charge in [-0.2, -0.15) is 0 Å². The van der Waals surface area contributed by atoms with Crippen LogP contribution in [-0.2, 0) is 39.3 Å². The van der Waals surface area contributed by atoms with Gasteiger partial charge >= 0.3 is 0 Å². The minimum atomic E-state index is -2.35. The topological polar surface area (TPSA) is 51.8 Å². The number of hydrogen-bond acceptors (Lipinski definition) is 4. The average molecular weight is 801 g/mol. The molecular weight excluding hydrogens is 755 g/mol. The summed E-state index contributed by atoms with van der Waals surface area (Å²) in [6, 6.07) is 35.2. The van der Waals surface area contributed by atoms with Crippen molar-refractivity contribution in [3.8, 4) is 22.5 Å². The minimum Gasteiger partial charge on any atom is -0.486 e. The van der Waals surface area contributed by atoms with Gasteiger partial charge in [0.15, 0.2) is 0 Å². The van der Waals surface area contributed by atoms with E-state index in [1.54, 1.807) is 54.7 Å². The van der Waals surface area contributed by atoms with Crippen molar-refractivity contribution in [2.75, 3.05) is 0 Å². The van der Waals surface area contributed by atoms with Crippen LogP contribution in [0.4, 0.5) is 0 Å². The van der Waals surface area contributed by atoms with Gasteiger partial charge in [0, 0.05) is 53.2 Å². The minimum absolute atomic E-state index is 0. The second kappa shape index (κ2) is 15.0. The normalized spacial score (nSPS) is 14.3. The molecule has 47 heavy (non-hydrogen) atoms. The molecule has 3 aromatic carbocycles. The van der Waals surface area contributed by atoms with E-state index in [9.17, 15) is 0 Å². The first-order valence-corrected chi connectivity index (χ1v) is 15.1. The predicted octanol–water partition coefficient (Wildman–Crippen LogP) is 10.4. The molecule has 0 atom stereocenters. The second-order valence-electron chi connectivity index (χ2n) is 12.1. The predicted molar refractivity (Wildman–Crippen MR) is 189 cm³/mol. The van der Waals surface area contributed by atoms with Crippen LogP contribution in [0, 0.1) is 31.3 Å². The Morgan fingerprint density at radius 1 is 0.809 bits per heavy atom. The zero-order valence-corrected chi connectivity index (χ0v) is 29.1. The number of rotatable bonds is 6. The van der Waals surface area contributed by atoms with Crippen LogP contribution < -0.4 is 0 Å². The van der Waals surface area contributed by atoms with Crippen molar-refractivity contribution in [1.82, 2.24) is 15.0 Å². The Morgan fingerprint density at radius 2 is 1.64 bits per heavy atom. The Kier molecular flexibility index (Phi) is 8.17. The van der Waals surface area contributed by atoms with Gasteiger partial charge in [-0.1, -0.05) is 79.7 Å². The molecule has 0 amide bonds. The Morgan fingerprint density at radius 3 is 2.36 bits per heavy atom. The number of furan rings is 1. The number of pyridine rings is 3. The van der Waals surface area contributed by atoms with Crippen molar-refractivity contribution >= 4 is 22.1 Å². The number of aryl methyl sites for hydroxylation is 4. The molecule has 4 nitrogen and oxygen atoms in total. The van der Waals surface area contributed by atoms with E-state index in [2.05, 4.69) is 33.2 Å². The van der Waals surface area contributed by atoms with E-state index in [4.69, 9.17) is 14.0 Å².